The first kappa shape index (κ1) is 19.6. The van der Waals surface area contributed by atoms with E-state index < -0.39 is 10.0 Å². The van der Waals surface area contributed by atoms with E-state index in [1.165, 1.54) is 10.4 Å². The van der Waals surface area contributed by atoms with Gasteiger partial charge in [-0.15, -0.1) is 11.3 Å². The summed E-state index contributed by atoms with van der Waals surface area (Å²) in [6.07, 6.45) is 4.00. The molecule has 2 aromatic rings. The van der Waals surface area contributed by atoms with Crippen molar-refractivity contribution in [3.63, 3.8) is 0 Å². The molecule has 2 aliphatic rings. The number of hydrogen-bond acceptors (Lipinski definition) is 6. The Hall–Kier alpha value is -1.68. The first-order chi connectivity index (χ1) is 13.4. The largest absolute Gasteiger partial charge is 0.371 e. The highest BCUT2D eigenvalue weighted by Crippen LogP contribution is 2.29. The van der Waals surface area contributed by atoms with Crippen LogP contribution in [0, 0.1) is 0 Å². The molecule has 0 saturated carbocycles. The van der Waals surface area contributed by atoms with E-state index in [1.54, 1.807) is 17.2 Å². The fourth-order valence-corrected chi connectivity index (χ4v) is 6.62. The average Bonchev–Trinajstić information content (AvgIpc) is 3.40. The van der Waals surface area contributed by atoms with Crippen molar-refractivity contribution in [3.05, 3.63) is 40.5 Å². The van der Waals surface area contributed by atoms with Crippen LogP contribution < -0.4 is 4.90 Å². The third-order valence-corrected chi connectivity index (χ3v) is 8.70. The first-order valence-corrected chi connectivity index (χ1v) is 11.8. The highest BCUT2D eigenvalue weighted by molar-refractivity contribution is 7.91. The SMILES string of the molecule is O=C(c1cc(N2CCCC2)ccn1)N1CCN(S(=O)(=O)c2ccc(Cl)s2)CC1. The average molecular weight is 441 g/mol. The van der Waals surface area contributed by atoms with Crippen molar-refractivity contribution in [1.29, 1.82) is 0 Å². The molecule has 2 aromatic heterocycles. The highest BCUT2D eigenvalue weighted by atomic mass is 35.5. The molecule has 0 bridgehead atoms. The number of anilines is 1. The molecule has 2 fully saturated rings. The van der Waals surface area contributed by atoms with Crippen molar-refractivity contribution in [3.8, 4) is 0 Å². The van der Waals surface area contributed by atoms with E-state index >= 15 is 0 Å². The quantitative estimate of drug-likeness (QED) is 0.730. The third-order valence-electron chi connectivity index (χ3n) is 5.10. The Morgan fingerprint density at radius 3 is 2.39 bits per heavy atom. The van der Waals surface area contributed by atoms with E-state index in [2.05, 4.69) is 9.88 Å². The second kappa shape index (κ2) is 7.98. The number of carbonyl (C=O) groups is 1. The molecule has 4 rings (SSSR count). The van der Waals surface area contributed by atoms with Crippen LogP contribution in [0.1, 0.15) is 23.3 Å². The van der Waals surface area contributed by atoms with Crippen LogP contribution in [0.25, 0.3) is 0 Å². The second-order valence-corrected chi connectivity index (χ2v) is 10.7. The summed E-state index contributed by atoms with van der Waals surface area (Å²) in [5, 5.41) is 0. The first-order valence-electron chi connectivity index (χ1n) is 9.21. The van der Waals surface area contributed by atoms with Crippen LogP contribution in [0.15, 0.2) is 34.7 Å². The Kier molecular flexibility index (Phi) is 5.59. The lowest BCUT2D eigenvalue weighted by molar-refractivity contribution is 0.0692. The maximum atomic E-state index is 12.9. The van der Waals surface area contributed by atoms with Gasteiger partial charge in [0.15, 0.2) is 0 Å². The Labute approximate surface area is 173 Å². The zero-order valence-electron chi connectivity index (χ0n) is 15.3. The number of halogens is 1. The second-order valence-electron chi connectivity index (χ2n) is 6.85. The summed E-state index contributed by atoms with van der Waals surface area (Å²) < 4.78 is 27.5. The van der Waals surface area contributed by atoms with Gasteiger partial charge in [0.25, 0.3) is 15.9 Å². The summed E-state index contributed by atoms with van der Waals surface area (Å²) in [6, 6.07) is 6.87. The number of pyridine rings is 1. The van der Waals surface area contributed by atoms with Gasteiger partial charge in [0, 0.05) is 51.2 Å². The maximum absolute atomic E-state index is 12.9. The predicted octanol–water partition coefficient (Wildman–Crippen LogP) is 2.54. The molecule has 2 aliphatic heterocycles. The summed E-state index contributed by atoms with van der Waals surface area (Å²) in [4.78, 5) is 21.0. The molecule has 0 spiro atoms. The van der Waals surface area contributed by atoms with Crippen LogP contribution in [-0.2, 0) is 10.0 Å². The van der Waals surface area contributed by atoms with Crippen molar-refractivity contribution in [2.24, 2.45) is 0 Å². The van der Waals surface area contributed by atoms with Crippen LogP contribution in [0.2, 0.25) is 4.34 Å². The minimum atomic E-state index is -3.57. The zero-order valence-corrected chi connectivity index (χ0v) is 17.6. The number of rotatable bonds is 4. The molecule has 0 aliphatic carbocycles. The van der Waals surface area contributed by atoms with Gasteiger partial charge in [-0.1, -0.05) is 11.6 Å². The molecule has 0 N–H and O–H groups in total. The number of hydrogen-bond donors (Lipinski definition) is 0. The van der Waals surface area contributed by atoms with Crippen molar-refractivity contribution in [1.82, 2.24) is 14.2 Å². The molecule has 10 heteroatoms. The Bertz CT molecular complexity index is 965. The third kappa shape index (κ3) is 3.89. The fraction of sp³-hybridized carbons (Fsp3) is 0.444. The number of amides is 1. The van der Waals surface area contributed by atoms with E-state index in [0.29, 0.717) is 23.1 Å². The number of aromatic nitrogens is 1. The van der Waals surface area contributed by atoms with Gasteiger partial charge in [-0.2, -0.15) is 4.31 Å². The van der Waals surface area contributed by atoms with E-state index in [4.69, 9.17) is 11.6 Å². The minimum absolute atomic E-state index is 0.155. The van der Waals surface area contributed by atoms with E-state index in [1.807, 2.05) is 12.1 Å². The molecule has 2 saturated heterocycles. The van der Waals surface area contributed by atoms with Gasteiger partial charge >= 0.3 is 0 Å². The molecule has 150 valence electrons. The lowest BCUT2D eigenvalue weighted by Gasteiger charge is -2.33. The Morgan fingerprint density at radius 2 is 1.75 bits per heavy atom. The number of thiophene rings is 1. The Morgan fingerprint density at radius 1 is 1.04 bits per heavy atom. The number of sulfonamides is 1. The molecule has 7 nitrogen and oxygen atoms in total. The smallest absolute Gasteiger partial charge is 0.272 e. The van der Waals surface area contributed by atoms with E-state index in [0.717, 1.165) is 43.0 Å². The van der Waals surface area contributed by atoms with Gasteiger partial charge in [0.2, 0.25) is 0 Å². The summed E-state index contributed by atoms with van der Waals surface area (Å²) >= 11 is 6.92. The minimum Gasteiger partial charge on any atom is -0.371 e. The van der Waals surface area contributed by atoms with Gasteiger partial charge in [-0.3, -0.25) is 9.78 Å². The Balaban J connectivity index is 1.42. The topological polar surface area (TPSA) is 73.8 Å². The standard InChI is InChI=1S/C18H21ClN4O3S2/c19-16-3-4-17(27-16)28(25,26)23-11-9-22(10-12-23)18(24)15-13-14(5-6-20-15)21-7-1-2-8-21/h3-6,13H,1-2,7-12H2. The van der Waals surface area contributed by atoms with Crippen LogP contribution in [0.4, 0.5) is 5.69 Å². The van der Waals surface area contributed by atoms with Crippen molar-refractivity contribution in [2.75, 3.05) is 44.2 Å². The number of carbonyl (C=O) groups excluding carboxylic acids is 1. The normalized spacial score (nSPS) is 18.6. The summed E-state index contributed by atoms with van der Waals surface area (Å²) in [5.74, 6) is -0.155. The number of piperazine rings is 1. The lowest BCUT2D eigenvalue weighted by Crippen LogP contribution is -2.50. The van der Waals surface area contributed by atoms with Crippen LogP contribution >= 0.6 is 22.9 Å². The highest BCUT2D eigenvalue weighted by Gasteiger charge is 2.31. The van der Waals surface area contributed by atoms with E-state index in [-0.39, 0.29) is 23.2 Å². The molecule has 28 heavy (non-hydrogen) atoms. The molecule has 0 radical (unpaired) electrons. The van der Waals surface area contributed by atoms with Crippen LogP contribution in [0.3, 0.4) is 0 Å². The fourth-order valence-electron chi connectivity index (χ4n) is 3.57. The zero-order chi connectivity index (χ0) is 19.7. The predicted molar refractivity (Wildman–Crippen MR) is 110 cm³/mol. The summed E-state index contributed by atoms with van der Waals surface area (Å²) in [5.41, 5.74) is 1.43. The molecule has 0 atom stereocenters. The van der Waals surface area contributed by atoms with E-state index in [9.17, 15) is 13.2 Å². The molecule has 1 amide bonds. The number of nitrogens with zero attached hydrogens (tertiary/aromatic N) is 4. The molecule has 4 heterocycles. The van der Waals surface area contributed by atoms with Crippen LogP contribution in [-0.4, -0.2) is 67.8 Å². The van der Waals surface area contributed by atoms with Gasteiger partial charge in [-0.05, 0) is 37.1 Å². The molecule has 0 unspecified atom stereocenters. The maximum Gasteiger partial charge on any atom is 0.272 e. The van der Waals surface area contributed by atoms with Crippen molar-refractivity contribution in [2.45, 2.75) is 17.1 Å². The van der Waals surface area contributed by atoms with Crippen molar-refractivity contribution >= 4 is 44.6 Å². The van der Waals surface area contributed by atoms with Gasteiger partial charge in [-0.25, -0.2) is 8.42 Å². The summed E-state index contributed by atoms with van der Waals surface area (Å²) in [6.45, 7) is 3.20. The van der Waals surface area contributed by atoms with Crippen molar-refractivity contribution < 1.29 is 13.2 Å². The van der Waals surface area contributed by atoms with Gasteiger partial charge in [0.05, 0.1) is 4.34 Å². The monoisotopic (exact) mass is 440 g/mol. The molecular weight excluding hydrogens is 420 g/mol. The lowest BCUT2D eigenvalue weighted by atomic mass is 10.2. The van der Waals surface area contributed by atoms with Crippen LogP contribution in [0.5, 0.6) is 0 Å². The molecule has 0 aromatic carbocycles. The van der Waals surface area contributed by atoms with Gasteiger partial charge < -0.3 is 9.80 Å². The van der Waals surface area contributed by atoms with Gasteiger partial charge in [0.1, 0.15) is 9.90 Å². The summed E-state index contributed by atoms with van der Waals surface area (Å²) in [7, 11) is -3.57. The molecular formula is C18H21ClN4O3S2.